The number of anilines is 1. The Morgan fingerprint density at radius 1 is 0.833 bits per heavy atom. The van der Waals surface area contributed by atoms with Gasteiger partial charge in [0.25, 0.3) is 0 Å². The minimum absolute atomic E-state index is 0.00126. The summed E-state index contributed by atoms with van der Waals surface area (Å²) in [7, 11) is 1.72. The summed E-state index contributed by atoms with van der Waals surface area (Å²) in [6.07, 6.45) is 9.65. The molecule has 4 aliphatic rings. The lowest BCUT2D eigenvalue weighted by Gasteiger charge is -2.51. The number of hydrogen-bond donors (Lipinski definition) is 2. The molecule has 2 saturated carbocycles. The molecule has 0 spiro atoms. The van der Waals surface area contributed by atoms with Crippen LogP contribution in [-0.4, -0.2) is 34.8 Å². The molecule has 6 unspecified atom stereocenters. The third kappa shape index (κ3) is 4.66. The fraction of sp³-hybridized carbons (Fsp3) is 0.583. The Morgan fingerprint density at radius 3 is 1.90 bits per heavy atom. The first-order valence-corrected chi connectivity index (χ1v) is 16.1. The average Bonchev–Trinajstić information content (AvgIpc) is 2.99. The first kappa shape index (κ1) is 28.9. The highest BCUT2D eigenvalue weighted by atomic mass is 16.3. The van der Waals surface area contributed by atoms with E-state index in [1.54, 1.807) is 13.1 Å². The maximum Gasteiger partial charge on any atom is 0.232 e. The predicted octanol–water partition coefficient (Wildman–Crippen LogP) is 6.67. The summed E-state index contributed by atoms with van der Waals surface area (Å²) in [6.45, 7) is 6.41. The average molecular weight is 571 g/mol. The minimum atomic E-state index is -0.182. The van der Waals surface area contributed by atoms with Gasteiger partial charge in [0.2, 0.25) is 17.7 Å². The molecular weight excluding hydrogens is 524 g/mol. The molecule has 42 heavy (non-hydrogen) atoms. The lowest BCUT2D eigenvalue weighted by Crippen LogP contribution is -2.53. The zero-order valence-corrected chi connectivity index (χ0v) is 25.7. The lowest BCUT2D eigenvalue weighted by atomic mass is 9.54. The number of imide groups is 1. The van der Waals surface area contributed by atoms with Crippen molar-refractivity contribution in [1.29, 1.82) is 0 Å². The van der Waals surface area contributed by atoms with Crippen molar-refractivity contribution in [1.82, 2.24) is 4.90 Å². The van der Waals surface area contributed by atoms with Crippen LogP contribution in [0.4, 0.5) is 5.69 Å². The Morgan fingerprint density at radius 2 is 1.36 bits per heavy atom. The van der Waals surface area contributed by atoms with Gasteiger partial charge in [-0.3, -0.25) is 19.3 Å². The Hall–Kier alpha value is -3.15. The number of nitrogens with one attached hydrogen (secondary N) is 1. The summed E-state index contributed by atoms with van der Waals surface area (Å²) >= 11 is 0. The molecule has 2 N–H and O–H groups in total. The van der Waals surface area contributed by atoms with Gasteiger partial charge in [0.15, 0.2) is 0 Å². The predicted molar refractivity (Wildman–Crippen MR) is 164 cm³/mol. The Bertz CT molecular complexity index is 1420. The second-order valence-corrected chi connectivity index (χ2v) is 14.0. The zero-order chi connectivity index (χ0) is 29.8. The van der Waals surface area contributed by atoms with E-state index in [0.717, 1.165) is 69.9 Å². The Kier molecular flexibility index (Phi) is 7.47. The van der Waals surface area contributed by atoms with Gasteiger partial charge >= 0.3 is 0 Å². The number of benzene rings is 2. The van der Waals surface area contributed by atoms with Crippen LogP contribution in [0.2, 0.25) is 0 Å². The highest BCUT2D eigenvalue weighted by molar-refractivity contribution is 5.97. The molecule has 0 heterocycles. The lowest BCUT2D eigenvalue weighted by molar-refractivity contribution is -0.154. The molecule has 6 heteroatoms. The van der Waals surface area contributed by atoms with Crippen molar-refractivity contribution in [2.45, 2.75) is 102 Å². The van der Waals surface area contributed by atoms with Crippen molar-refractivity contribution in [2.75, 3.05) is 12.4 Å². The molecule has 0 aromatic heterocycles. The summed E-state index contributed by atoms with van der Waals surface area (Å²) in [5.74, 6) is 0.215. The number of phenolic OH excluding ortho intramolecular Hbond substituents is 1. The standard InChI is InChI=1S/C36H46N2O4/c1-5-32(40)37-24-14-10-22-12-16-28-26(8-6-18-35(28,2)30(22)20-24)33(41)38(4)34(42)27-9-7-19-36(3)29(27)17-13-23-11-15-25(39)21-31(23)36/h10-11,14-15,20-21,26-29,39H,5-9,12-13,16-19H2,1-4H3,(H,37,40). The van der Waals surface area contributed by atoms with Gasteiger partial charge in [-0.15, -0.1) is 0 Å². The molecule has 224 valence electrons. The molecule has 0 saturated heterocycles. The summed E-state index contributed by atoms with van der Waals surface area (Å²) in [4.78, 5) is 42.0. The van der Waals surface area contributed by atoms with Crippen LogP contribution in [-0.2, 0) is 38.1 Å². The van der Waals surface area contributed by atoms with Crippen LogP contribution in [0.5, 0.6) is 5.75 Å². The molecule has 0 radical (unpaired) electrons. The number of fused-ring (bicyclic) bond motifs is 6. The van der Waals surface area contributed by atoms with E-state index < -0.39 is 0 Å². The van der Waals surface area contributed by atoms with Crippen LogP contribution in [0.3, 0.4) is 0 Å². The van der Waals surface area contributed by atoms with E-state index in [-0.39, 0.29) is 58.0 Å². The van der Waals surface area contributed by atoms with Crippen LogP contribution in [0.15, 0.2) is 36.4 Å². The third-order valence-corrected chi connectivity index (χ3v) is 11.8. The van der Waals surface area contributed by atoms with Gasteiger partial charge < -0.3 is 10.4 Å². The SMILES string of the molecule is CCC(=O)Nc1ccc2c(c1)C1(C)CCCC(C(=O)N(C)C(=O)C3CCCC4(C)c5cc(O)ccc5CCC34)C1CC2. The van der Waals surface area contributed by atoms with Crippen molar-refractivity contribution in [3.8, 4) is 5.75 Å². The molecule has 6 rings (SSSR count). The summed E-state index contributed by atoms with van der Waals surface area (Å²) in [5.41, 5.74) is 5.52. The minimum Gasteiger partial charge on any atom is -0.508 e. The number of rotatable bonds is 4. The maximum atomic E-state index is 14.2. The number of aromatic hydroxyl groups is 1. The first-order chi connectivity index (χ1) is 20.1. The molecule has 6 atom stereocenters. The molecule has 3 amide bonds. The number of aryl methyl sites for hydroxylation is 2. The van der Waals surface area contributed by atoms with E-state index in [9.17, 15) is 19.5 Å². The van der Waals surface area contributed by atoms with Gasteiger partial charge in [-0.1, -0.05) is 45.7 Å². The van der Waals surface area contributed by atoms with Gasteiger partial charge in [-0.2, -0.15) is 0 Å². The van der Waals surface area contributed by atoms with E-state index in [2.05, 4.69) is 31.3 Å². The zero-order valence-electron chi connectivity index (χ0n) is 25.7. The molecular formula is C36H46N2O4. The van der Waals surface area contributed by atoms with Gasteiger partial charge in [-0.05, 0) is 121 Å². The van der Waals surface area contributed by atoms with E-state index in [0.29, 0.717) is 6.42 Å². The molecule has 4 aliphatic carbocycles. The fourth-order valence-corrected chi connectivity index (χ4v) is 9.53. The van der Waals surface area contributed by atoms with E-state index in [1.807, 2.05) is 25.1 Å². The second-order valence-electron chi connectivity index (χ2n) is 14.0. The molecule has 2 aromatic rings. The fourth-order valence-electron chi connectivity index (χ4n) is 9.53. The molecule has 0 aliphatic heterocycles. The van der Waals surface area contributed by atoms with Gasteiger partial charge in [0.1, 0.15) is 5.75 Å². The number of phenols is 1. The quantitative estimate of drug-likeness (QED) is 0.402. The Labute approximate surface area is 250 Å². The highest BCUT2D eigenvalue weighted by Crippen LogP contribution is 2.55. The van der Waals surface area contributed by atoms with Crippen molar-refractivity contribution in [3.05, 3.63) is 58.7 Å². The van der Waals surface area contributed by atoms with E-state index in [1.165, 1.54) is 27.2 Å². The van der Waals surface area contributed by atoms with E-state index >= 15 is 0 Å². The van der Waals surface area contributed by atoms with Crippen molar-refractivity contribution in [2.24, 2.45) is 23.7 Å². The molecule has 6 nitrogen and oxygen atoms in total. The largest absolute Gasteiger partial charge is 0.508 e. The number of carbonyl (C=O) groups excluding carboxylic acids is 3. The smallest absolute Gasteiger partial charge is 0.232 e. The van der Waals surface area contributed by atoms with E-state index in [4.69, 9.17) is 0 Å². The number of nitrogens with zero attached hydrogens (tertiary/aromatic N) is 1. The topological polar surface area (TPSA) is 86.7 Å². The van der Waals surface area contributed by atoms with Gasteiger partial charge in [0.05, 0.1) is 0 Å². The number of amides is 3. The van der Waals surface area contributed by atoms with Crippen LogP contribution in [0, 0.1) is 23.7 Å². The van der Waals surface area contributed by atoms with Crippen molar-refractivity contribution < 1.29 is 19.5 Å². The van der Waals surface area contributed by atoms with Gasteiger partial charge in [-0.25, -0.2) is 0 Å². The molecule has 0 bridgehead atoms. The number of hydrogen-bond acceptors (Lipinski definition) is 4. The normalized spacial score (nSPS) is 31.5. The first-order valence-electron chi connectivity index (χ1n) is 16.1. The van der Waals surface area contributed by atoms with Crippen LogP contribution < -0.4 is 5.32 Å². The van der Waals surface area contributed by atoms with Crippen LogP contribution in [0.1, 0.15) is 101 Å². The Balaban J connectivity index is 1.24. The number of carbonyl (C=O) groups is 3. The maximum absolute atomic E-state index is 14.2. The second kappa shape index (κ2) is 10.8. The van der Waals surface area contributed by atoms with Gasteiger partial charge in [0, 0.05) is 31.0 Å². The summed E-state index contributed by atoms with van der Waals surface area (Å²) in [6, 6.07) is 12.0. The summed E-state index contributed by atoms with van der Waals surface area (Å²) in [5, 5.41) is 13.3. The third-order valence-electron chi connectivity index (χ3n) is 11.8. The monoisotopic (exact) mass is 570 g/mol. The van der Waals surface area contributed by atoms with Crippen LogP contribution in [0.25, 0.3) is 0 Å². The molecule has 2 aromatic carbocycles. The van der Waals surface area contributed by atoms with Crippen LogP contribution >= 0.6 is 0 Å². The van der Waals surface area contributed by atoms with Crippen molar-refractivity contribution in [3.63, 3.8) is 0 Å². The highest BCUT2D eigenvalue weighted by Gasteiger charge is 2.52. The summed E-state index contributed by atoms with van der Waals surface area (Å²) < 4.78 is 0. The van der Waals surface area contributed by atoms with Crippen molar-refractivity contribution >= 4 is 23.4 Å². The molecule has 2 fully saturated rings.